The minimum Gasteiger partial charge on any atom is -0.547 e. The number of rotatable bonds is 2. The molecule has 1 N–H and O–H groups in total. The summed E-state index contributed by atoms with van der Waals surface area (Å²) in [5, 5.41) is 13.0. The molecule has 0 bridgehead atoms. The molecule has 0 aromatic carbocycles. The van der Waals surface area contributed by atoms with Gasteiger partial charge in [0.25, 0.3) is 5.91 Å². The van der Waals surface area contributed by atoms with Crippen molar-refractivity contribution in [2.45, 2.75) is 12.0 Å². The molecule has 0 spiro atoms. The number of aliphatic carboxylic acids is 1. The first-order chi connectivity index (χ1) is 7.07. The van der Waals surface area contributed by atoms with Crippen LogP contribution in [0.2, 0.25) is 0 Å². The number of imide groups is 1. The van der Waals surface area contributed by atoms with E-state index in [0.717, 1.165) is 0 Å². The molecule has 2 amide bonds. The van der Waals surface area contributed by atoms with Crippen molar-refractivity contribution >= 4 is 17.8 Å². The van der Waals surface area contributed by atoms with Gasteiger partial charge in [0.1, 0.15) is 0 Å². The molecule has 1 aromatic heterocycles. The number of hydrogen-bond donors (Lipinski definition) is 1. The van der Waals surface area contributed by atoms with Crippen LogP contribution in [0.3, 0.4) is 0 Å². The van der Waals surface area contributed by atoms with Crippen molar-refractivity contribution in [3.8, 4) is 0 Å². The van der Waals surface area contributed by atoms with E-state index in [4.69, 9.17) is 0 Å². The smallest absolute Gasteiger partial charge is 0.547 e. The number of carbonyl (C=O) groups excluding carboxylic acids is 3. The van der Waals surface area contributed by atoms with Crippen molar-refractivity contribution in [3.05, 3.63) is 24.5 Å². The molecule has 0 radical (unpaired) electrons. The van der Waals surface area contributed by atoms with E-state index >= 15 is 0 Å². The molecule has 1 saturated heterocycles. The maximum atomic E-state index is 11.5. The van der Waals surface area contributed by atoms with E-state index in [0.29, 0.717) is 0 Å². The van der Waals surface area contributed by atoms with Crippen LogP contribution in [0, 0.1) is 0 Å². The molecule has 2 heterocycles. The van der Waals surface area contributed by atoms with Gasteiger partial charge in [0.05, 0.1) is 12.4 Å². The first-order valence-electron chi connectivity index (χ1n) is 4.26. The summed E-state index contributed by atoms with van der Waals surface area (Å²) in [4.78, 5) is 33.5. The standard InChI is InChI=1S/C9H8N2O4.Rb/c12-6-5-9(8(14)15,7(13)10-6)11-3-1-2-4-11;/h1-4H,5H2,(H,14,15)(H,10,12,13);/q;+1/p-1. The van der Waals surface area contributed by atoms with Gasteiger partial charge in [-0.05, 0) is 12.1 Å². The fraction of sp³-hybridized carbons (Fsp3) is 0.222. The van der Waals surface area contributed by atoms with Gasteiger partial charge in [-0.15, -0.1) is 0 Å². The summed E-state index contributed by atoms with van der Waals surface area (Å²) in [5.74, 6) is -3.05. The van der Waals surface area contributed by atoms with Gasteiger partial charge in [-0.25, -0.2) is 0 Å². The minimum atomic E-state index is -1.93. The van der Waals surface area contributed by atoms with Crippen LogP contribution in [0.4, 0.5) is 0 Å². The first-order valence-corrected chi connectivity index (χ1v) is 4.26. The Morgan fingerprint density at radius 3 is 2.31 bits per heavy atom. The fourth-order valence-corrected chi connectivity index (χ4v) is 1.65. The number of carboxylic acids is 1. The first kappa shape index (κ1) is 13.8. The SMILES string of the molecule is O=C1CC(C(=O)[O-])(n2cccc2)C(=O)N1.[Rb+]. The van der Waals surface area contributed by atoms with Crippen molar-refractivity contribution in [2.75, 3.05) is 0 Å². The van der Waals surface area contributed by atoms with Gasteiger partial charge in [-0.1, -0.05) is 0 Å². The van der Waals surface area contributed by atoms with E-state index in [1.807, 2.05) is 5.32 Å². The number of carbonyl (C=O) groups is 3. The maximum absolute atomic E-state index is 11.5. The Kier molecular flexibility index (Phi) is 4.22. The van der Waals surface area contributed by atoms with Crippen molar-refractivity contribution < 1.29 is 77.7 Å². The Balaban J connectivity index is 0.00000128. The predicted molar refractivity (Wildman–Crippen MR) is 45.2 cm³/mol. The van der Waals surface area contributed by atoms with Crippen molar-refractivity contribution in [1.82, 2.24) is 9.88 Å². The molecule has 0 aliphatic carbocycles. The van der Waals surface area contributed by atoms with Gasteiger partial charge in [0.15, 0.2) is 5.54 Å². The zero-order chi connectivity index (χ0) is 11.1. The number of hydrogen-bond acceptors (Lipinski definition) is 4. The third-order valence-electron chi connectivity index (χ3n) is 2.43. The van der Waals surface area contributed by atoms with Crippen LogP contribution in [-0.4, -0.2) is 22.4 Å². The Bertz CT molecular complexity index is 442. The average molecular weight is 293 g/mol. The Labute approximate surface area is 140 Å². The zero-order valence-corrected chi connectivity index (χ0v) is 13.5. The molecular formula is C9H7N2O4Rb. The molecular weight excluding hydrogens is 286 g/mol. The summed E-state index contributed by atoms with van der Waals surface area (Å²) in [5.41, 5.74) is -1.93. The average Bonchev–Trinajstić information content (AvgIpc) is 2.72. The van der Waals surface area contributed by atoms with Crippen molar-refractivity contribution in [1.29, 1.82) is 0 Å². The van der Waals surface area contributed by atoms with Crippen LogP contribution in [0.1, 0.15) is 6.42 Å². The third kappa shape index (κ3) is 1.94. The van der Waals surface area contributed by atoms with E-state index < -0.39 is 29.7 Å². The van der Waals surface area contributed by atoms with E-state index in [9.17, 15) is 19.5 Å². The quantitative estimate of drug-likeness (QED) is 0.436. The second-order valence-electron chi connectivity index (χ2n) is 3.29. The summed E-state index contributed by atoms with van der Waals surface area (Å²) in [6.07, 6.45) is 2.39. The molecule has 1 aliphatic rings. The number of carboxylic acid groups (broad SMARTS) is 1. The summed E-state index contributed by atoms with van der Waals surface area (Å²) in [7, 11) is 0. The van der Waals surface area contributed by atoms with Crippen molar-refractivity contribution in [3.63, 3.8) is 0 Å². The third-order valence-corrected chi connectivity index (χ3v) is 2.43. The van der Waals surface area contributed by atoms with Gasteiger partial charge < -0.3 is 14.5 Å². The zero-order valence-electron chi connectivity index (χ0n) is 8.60. The predicted octanol–water partition coefficient (Wildman–Crippen LogP) is -5.02. The van der Waals surface area contributed by atoms with Crippen LogP contribution < -0.4 is 68.6 Å². The summed E-state index contributed by atoms with van der Waals surface area (Å²) >= 11 is 0. The topological polar surface area (TPSA) is 91.2 Å². The van der Waals surface area contributed by atoms with Gasteiger partial charge in [-0.2, -0.15) is 0 Å². The van der Waals surface area contributed by atoms with Crippen LogP contribution in [0.15, 0.2) is 24.5 Å². The van der Waals surface area contributed by atoms with Gasteiger partial charge in [0, 0.05) is 12.4 Å². The van der Waals surface area contributed by atoms with Gasteiger partial charge in [0.2, 0.25) is 5.91 Å². The van der Waals surface area contributed by atoms with E-state index in [-0.39, 0.29) is 58.2 Å². The fourth-order valence-electron chi connectivity index (χ4n) is 1.65. The molecule has 1 atom stereocenters. The normalized spacial score (nSPS) is 23.8. The molecule has 16 heavy (non-hydrogen) atoms. The Hall–Kier alpha value is -0.305. The van der Waals surface area contributed by atoms with Crippen LogP contribution in [-0.2, 0) is 19.9 Å². The Morgan fingerprint density at radius 2 is 1.94 bits per heavy atom. The molecule has 78 valence electrons. The molecule has 1 unspecified atom stereocenters. The number of nitrogens with zero attached hydrogens (tertiary/aromatic N) is 1. The molecule has 6 nitrogen and oxygen atoms in total. The summed E-state index contributed by atoms with van der Waals surface area (Å²) < 4.78 is 1.17. The van der Waals surface area contributed by atoms with Gasteiger partial charge in [-0.3, -0.25) is 14.9 Å². The summed E-state index contributed by atoms with van der Waals surface area (Å²) in [6, 6.07) is 3.14. The number of nitrogens with one attached hydrogen (secondary N) is 1. The second-order valence-corrected chi connectivity index (χ2v) is 3.29. The monoisotopic (exact) mass is 292 g/mol. The molecule has 1 fully saturated rings. The summed E-state index contributed by atoms with van der Waals surface area (Å²) in [6.45, 7) is 0. The molecule has 1 aliphatic heterocycles. The van der Waals surface area contributed by atoms with E-state index in [1.165, 1.54) is 17.0 Å². The molecule has 1 aromatic rings. The molecule has 2 rings (SSSR count). The van der Waals surface area contributed by atoms with Crippen LogP contribution in [0.5, 0.6) is 0 Å². The molecule has 0 saturated carbocycles. The number of amides is 2. The van der Waals surface area contributed by atoms with Crippen LogP contribution in [0.25, 0.3) is 0 Å². The van der Waals surface area contributed by atoms with Crippen LogP contribution >= 0.6 is 0 Å². The maximum Gasteiger partial charge on any atom is 1.00 e. The largest absolute Gasteiger partial charge is 1.00 e. The van der Waals surface area contributed by atoms with E-state index in [1.54, 1.807) is 12.1 Å². The molecule has 7 heteroatoms. The van der Waals surface area contributed by atoms with Crippen molar-refractivity contribution in [2.24, 2.45) is 0 Å². The second kappa shape index (κ2) is 4.91. The minimum absolute atomic E-state index is 0. The van der Waals surface area contributed by atoms with E-state index in [2.05, 4.69) is 0 Å². The number of aromatic nitrogens is 1. The Morgan fingerprint density at radius 1 is 1.38 bits per heavy atom. The van der Waals surface area contributed by atoms with Gasteiger partial charge >= 0.3 is 58.2 Å².